The molecule has 4 aliphatic carbocycles. The smallest absolute Gasteiger partial charge is 0.270 e. The molecule has 6 atom stereocenters. The van der Waals surface area contributed by atoms with Crippen LogP contribution in [0.1, 0.15) is 12.2 Å². The zero-order valence-electron chi connectivity index (χ0n) is 16.1. The molecule has 31 heavy (non-hydrogen) atoms. The van der Waals surface area contributed by atoms with E-state index in [-0.39, 0.29) is 41.2 Å². The van der Waals surface area contributed by atoms with E-state index in [2.05, 4.69) is 17.3 Å². The molecule has 0 spiro atoms. The maximum absolute atomic E-state index is 12.9. The first-order valence-electron chi connectivity index (χ1n) is 10.1. The Morgan fingerprint density at radius 1 is 1.10 bits per heavy atom. The molecule has 2 aromatic rings. The number of nitrogens with zero attached hydrogens (tertiary/aromatic N) is 3. The molecule has 2 saturated carbocycles. The van der Waals surface area contributed by atoms with E-state index in [4.69, 9.17) is 16.0 Å². The predicted octanol–water partition coefficient (Wildman–Crippen LogP) is 3.90. The SMILES string of the molecule is O=C1[C@@H]2[C@@H]3C=C[C@H]([C@H]4C[C@H]34)[C@@H]2C(=O)N1/N=C/c1ccc(-c2cc([N+](=O)[O-])ccc2Cl)o1. The van der Waals surface area contributed by atoms with Crippen molar-refractivity contribution in [2.45, 2.75) is 6.42 Å². The van der Waals surface area contributed by atoms with E-state index in [0.29, 0.717) is 33.9 Å². The lowest BCUT2D eigenvalue weighted by molar-refractivity contribution is -0.384. The highest BCUT2D eigenvalue weighted by Gasteiger charge is 2.67. The fourth-order valence-electron chi connectivity index (χ4n) is 5.55. The lowest BCUT2D eigenvalue weighted by Crippen LogP contribution is -2.40. The molecule has 5 aliphatic rings. The molecule has 1 aromatic carbocycles. The summed E-state index contributed by atoms with van der Waals surface area (Å²) in [4.78, 5) is 36.4. The molecule has 2 amide bonds. The van der Waals surface area contributed by atoms with E-state index in [1.165, 1.54) is 24.4 Å². The van der Waals surface area contributed by atoms with Crippen LogP contribution in [0.25, 0.3) is 11.3 Å². The summed E-state index contributed by atoms with van der Waals surface area (Å²) in [5, 5.41) is 16.5. The zero-order chi connectivity index (χ0) is 21.4. The Kier molecular flexibility index (Phi) is 3.80. The van der Waals surface area contributed by atoms with Crippen molar-refractivity contribution in [2.24, 2.45) is 40.6 Å². The number of benzene rings is 1. The number of hydrazone groups is 1. The maximum atomic E-state index is 12.9. The Morgan fingerprint density at radius 2 is 1.77 bits per heavy atom. The number of amides is 2. The second-order valence-electron chi connectivity index (χ2n) is 8.51. The van der Waals surface area contributed by atoms with E-state index < -0.39 is 4.92 Å². The minimum atomic E-state index is -0.513. The third-order valence-corrected chi connectivity index (χ3v) is 7.32. The van der Waals surface area contributed by atoms with Crippen molar-refractivity contribution in [3.8, 4) is 11.3 Å². The Balaban J connectivity index is 1.25. The van der Waals surface area contributed by atoms with Gasteiger partial charge in [0.2, 0.25) is 0 Å². The molecule has 9 heteroatoms. The van der Waals surface area contributed by atoms with Gasteiger partial charge in [-0.15, -0.1) is 0 Å². The predicted molar refractivity (Wildman–Crippen MR) is 110 cm³/mol. The van der Waals surface area contributed by atoms with Crippen LogP contribution < -0.4 is 0 Å². The number of halogens is 1. The van der Waals surface area contributed by atoms with Crippen molar-refractivity contribution in [1.29, 1.82) is 0 Å². The molecule has 1 aliphatic heterocycles. The van der Waals surface area contributed by atoms with Crippen LogP contribution >= 0.6 is 11.6 Å². The summed E-state index contributed by atoms with van der Waals surface area (Å²) in [6.45, 7) is 0. The molecule has 0 N–H and O–H groups in total. The van der Waals surface area contributed by atoms with Crippen LogP contribution in [0.5, 0.6) is 0 Å². The van der Waals surface area contributed by atoms with Gasteiger partial charge in [-0.1, -0.05) is 23.8 Å². The Morgan fingerprint density at radius 3 is 2.42 bits per heavy atom. The molecule has 2 heterocycles. The van der Waals surface area contributed by atoms with Crippen molar-refractivity contribution in [3.05, 3.63) is 63.4 Å². The van der Waals surface area contributed by atoms with Gasteiger partial charge in [0.25, 0.3) is 17.5 Å². The molecule has 0 unspecified atom stereocenters. The highest BCUT2D eigenvalue weighted by atomic mass is 35.5. The highest BCUT2D eigenvalue weighted by Crippen LogP contribution is 2.65. The number of furan rings is 1. The third kappa shape index (κ3) is 2.64. The molecule has 8 nitrogen and oxygen atoms in total. The van der Waals surface area contributed by atoms with Crippen LogP contribution in [0.3, 0.4) is 0 Å². The van der Waals surface area contributed by atoms with Crippen LogP contribution in [-0.4, -0.2) is 28.0 Å². The van der Waals surface area contributed by atoms with Gasteiger partial charge >= 0.3 is 0 Å². The summed E-state index contributed by atoms with van der Waals surface area (Å²) in [7, 11) is 0. The van der Waals surface area contributed by atoms with Crippen molar-refractivity contribution in [1.82, 2.24) is 5.01 Å². The van der Waals surface area contributed by atoms with Crippen molar-refractivity contribution in [2.75, 3.05) is 0 Å². The minimum absolute atomic E-state index is 0.108. The summed E-state index contributed by atoms with van der Waals surface area (Å²) in [5.74, 6) is 0.869. The van der Waals surface area contributed by atoms with Gasteiger partial charge in [-0.25, -0.2) is 0 Å². The number of carbonyl (C=O) groups excluding carboxylic acids is 2. The van der Waals surface area contributed by atoms with Gasteiger partial charge in [-0.2, -0.15) is 10.1 Å². The van der Waals surface area contributed by atoms with E-state index in [9.17, 15) is 19.7 Å². The molecular formula is C22H16ClN3O5. The van der Waals surface area contributed by atoms with Crippen molar-refractivity contribution in [3.63, 3.8) is 0 Å². The Hall–Kier alpha value is -3.26. The Bertz CT molecular complexity index is 1180. The van der Waals surface area contributed by atoms with E-state index >= 15 is 0 Å². The van der Waals surface area contributed by atoms with Crippen LogP contribution in [-0.2, 0) is 9.59 Å². The standard InChI is InChI=1S/C22H16ClN3O5/c23-17-5-1-10(26(29)30)7-16(17)18-6-2-11(31-18)9-24-25-21(27)19-12-3-4-13(15-8-14(12)15)20(19)22(25)28/h1-7,9,12-15,19-20H,8H2/b24-9+/t12-,13-,14-,15-,19-,20+/m1/s1. The summed E-state index contributed by atoms with van der Waals surface area (Å²) < 4.78 is 5.69. The quantitative estimate of drug-likeness (QED) is 0.237. The number of rotatable bonds is 4. The maximum Gasteiger partial charge on any atom is 0.270 e. The van der Waals surface area contributed by atoms with Gasteiger partial charge in [-0.05, 0) is 48.3 Å². The molecule has 7 rings (SSSR count). The fourth-order valence-corrected chi connectivity index (χ4v) is 5.76. The second-order valence-corrected chi connectivity index (χ2v) is 8.92. The molecule has 1 aromatic heterocycles. The fraction of sp³-hybridized carbons (Fsp3) is 0.318. The average Bonchev–Trinajstić information content (AvgIpc) is 3.40. The summed E-state index contributed by atoms with van der Waals surface area (Å²) in [5.41, 5.74) is 0.264. The normalized spacial score (nSPS) is 32.6. The number of allylic oxidation sites excluding steroid dienone is 2. The van der Waals surface area contributed by atoms with Gasteiger partial charge in [0.1, 0.15) is 11.5 Å². The molecule has 156 valence electrons. The number of non-ortho nitro benzene ring substituents is 1. The lowest BCUT2D eigenvalue weighted by Gasteiger charge is -2.37. The van der Waals surface area contributed by atoms with Crippen LogP contribution in [0.4, 0.5) is 5.69 Å². The van der Waals surface area contributed by atoms with Gasteiger partial charge in [0, 0.05) is 17.7 Å². The van der Waals surface area contributed by atoms with Crippen molar-refractivity contribution < 1.29 is 18.9 Å². The van der Waals surface area contributed by atoms with Gasteiger partial charge in [-0.3, -0.25) is 19.7 Å². The minimum Gasteiger partial charge on any atom is -0.455 e. The first-order valence-corrected chi connectivity index (χ1v) is 10.5. The zero-order valence-corrected chi connectivity index (χ0v) is 16.8. The third-order valence-electron chi connectivity index (χ3n) is 6.99. The summed E-state index contributed by atoms with van der Waals surface area (Å²) in [6.07, 6.45) is 6.65. The number of carbonyl (C=O) groups is 2. The molecule has 1 saturated heterocycles. The molecule has 3 fully saturated rings. The second kappa shape index (κ2) is 6.37. The summed E-state index contributed by atoms with van der Waals surface area (Å²) in [6, 6.07) is 7.28. The molecule has 0 radical (unpaired) electrons. The number of nitro benzene ring substituents is 1. The van der Waals surface area contributed by atoms with Crippen LogP contribution in [0.2, 0.25) is 5.02 Å². The van der Waals surface area contributed by atoms with Gasteiger partial charge < -0.3 is 4.42 Å². The highest BCUT2D eigenvalue weighted by molar-refractivity contribution is 6.33. The number of imide groups is 1. The summed E-state index contributed by atoms with van der Waals surface area (Å²) >= 11 is 6.16. The number of hydrogen-bond donors (Lipinski definition) is 0. The first-order chi connectivity index (χ1) is 14.9. The van der Waals surface area contributed by atoms with Crippen LogP contribution in [0, 0.1) is 45.6 Å². The molecule has 2 bridgehead atoms. The van der Waals surface area contributed by atoms with E-state index in [1.807, 2.05) is 0 Å². The lowest BCUT2D eigenvalue weighted by atomic mass is 9.63. The van der Waals surface area contributed by atoms with E-state index in [1.54, 1.807) is 12.1 Å². The number of hydrogen-bond acceptors (Lipinski definition) is 6. The van der Waals surface area contributed by atoms with Crippen molar-refractivity contribution >= 4 is 35.3 Å². The topological polar surface area (TPSA) is 106 Å². The van der Waals surface area contributed by atoms with Gasteiger partial charge in [0.05, 0.1) is 28.0 Å². The largest absolute Gasteiger partial charge is 0.455 e. The molecular weight excluding hydrogens is 422 g/mol. The number of nitro groups is 1. The van der Waals surface area contributed by atoms with Gasteiger partial charge in [0.15, 0.2) is 0 Å². The van der Waals surface area contributed by atoms with E-state index in [0.717, 1.165) is 11.4 Å². The van der Waals surface area contributed by atoms with Crippen LogP contribution in [0.15, 0.2) is 52.0 Å². The monoisotopic (exact) mass is 437 g/mol. The average molecular weight is 438 g/mol. The Labute approximate surface area is 181 Å². The first kappa shape index (κ1) is 18.5.